The zero-order valence-electron chi connectivity index (χ0n) is 21.8. The Morgan fingerprint density at radius 3 is 1.54 bits per heavy atom. The van der Waals surface area contributed by atoms with Gasteiger partial charge in [0, 0.05) is 28.6 Å². The molecule has 8 rings (SSSR count). The number of hydrogen-bond acceptors (Lipinski definition) is 3. The highest BCUT2D eigenvalue weighted by Gasteiger charge is 2.37. The van der Waals surface area contributed by atoms with Gasteiger partial charge in [-0.1, -0.05) is 86.6 Å². The normalized spacial score (nSPS) is 14.1. The minimum absolute atomic E-state index is 0.117. The standard InChI is InChI=1S/C35H26N4/c1-35(2)25-13-5-9-17-29(25)39(30-18-10-6-14-26(30)35)32-20-19-31(33-34(32)37-22-21-36-33)38-27-15-7-3-11-23(27)24-12-4-8-16-28(24)38/h3-22H,1-2H3. The lowest BCUT2D eigenvalue weighted by Gasteiger charge is -2.42. The minimum Gasteiger partial charge on any atom is -0.308 e. The van der Waals surface area contributed by atoms with Crippen LogP contribution in [0.15, 0.2) is 122 Å². The van der Waals surface area contributed by atoms with Crippen LogP contribution >= 0.6 is 0 Å². The van der Waals surface area contributed by atoms with Gasteiger partial charge in [0.25, 0.3) is 0 Å². The van der Waals surface area contributed by atoms with E-state index in [0.717, 1.165) is 33.4 Å². The second kappa shape index (κ2) is 8.02. The molecule has 0 atom stereocenters. The molecule has 2 aromatic heterocycles. The third-order valence-electron chi connectivity index (χ3n) is 8.28. The van der Waals surface area contributed by atoms with Gasteiger partial charge in [0.15, 0.2) is 0 Å². The summed E-state index contributed by atoms with van der Waals surface area (Å²) < 4.78 is 2.33. The number of hydrogen-bond donors (Lipinski definition) is 0. The highest BCUT2D eigenvalue weighted by molar-refractivity contribution is 6.11. The second-order valence-electron chi connectivity index (χ2n) is 10.7. The van der Waals surface area contributed by atoms with Crippen LogP contribution in [0.2, 0.25) is 0 Å². The average molecular weight is 503 g/mol. The molecule has 7 aromatic rings. The summed E-state index contributed by atoms with van der Waals surface area (Å²) >= 11 is 0. The molecule has 0 bridgehead atoms. The summed E-state index contributed by atoms with van der Waals surface area (Å²) in [7, 11) is 0. The number of fused-ring (bicyclic) bond motifs is 6. The van der Waals surface area contributed by atoms with Crippen molar-refractivity contribution in [2.24, 2.45) is 0 Å². The summed E-state index contributed by atoms with van der Waals surface area (Å²) in [4.78, 5) is 12.3. The number of para-hydroxylation sites is 4. The molecule has 5 aromatic carbocycles. The maximum absolute atomic E-state index is 4.95. The summed E-state index contributed by atoms with van der Waals surface area (Å²) in [5, 5.41) is 2.46. The van der Waals surface area contributed by atoms with Crippen LogP contribution in [0.3, 0.4) is 0 Å². The maximum Gasteiger partial charge on any atom is 0.115 e. The van der Waals surface area contributed by atoms with Gasteiger partial charge in [-0.2, -0.15) is 0 Å². The number of aromatic nitrogens is 3. The van der Waals surface area contributed by atoms with Crippen molar-refractivity contribution in [2.45, 2.75) is 19.3 Å². The zero-order chi connectivity index (χ0) is 26.1. The Hall–Kier alpha value is -4.96. The van der Waals surface area contributed by atoms with Gasteiger partial charge >= 0.3 is 0 Å². The molecule has 4 heteroatoms. The van der Waals surface area contributed by atoms with Crippen molar-refractivity contribution >= 4 is 49.9 Å². The molecular formula is C35H26N4. The van der Waals surface area contributed by atoms with Crippen LogP contribution in [0.1, 0.15) is 25.0 Å². The Balaban J connectivity index is 1.45. The summed E-state index contributed by atoms with van der Waals surface area (Å²) in [6.07, 6.45) is 3.60. The first-order valence-electron chi connectivity index (χ1n) is 13.4. The van der Waals surface area contributed by atoms with Crippen LogP contribution in [0.5, 0.6) is 0 Å². The first-order valence-corrected chi connectivity index (χ1v) is 13.4. The predicted octanol–water partition coefficient (Wildman–Crippen LogP) is 8.84. The van der Waals surface area contributed by atoms with Crippen molar-refractivity contribution < 1.29 is 0 Å². The SMILES string of the molecule is CC1(C)c2ccccc2N(c2ccc(-n3c4ccccc4c4ccccc43)c3nccnc23)c2ccccc21. The van der Waals surface area contributed by atoms with E-state index in [4.69, 9.17) is 9.97 Å². The Morgan fingerprint density at radius 2 is 0.949 bits per heavy atom. The molecule has 4 nitrogen and oxygen atoms in total. The van der Waals surface area contributed by atoms with E-state index in [2.05, 4.69) is 133 Å². The predicted molar refractivity (Wildman–Crippen MR) is 161 cm³/mol. The van der Waals surface area contributed by atoms with Gasteiger partial charge in [0.2, 0.25) is 0 Å². The number of anilines is 3. The molecule has 0 N–H and O–H groups in total. The van der Waals surface area contributed by atoms with Gasteiger partial charge < -0.3 is 9.47 Å². The molecule has 0 spiro atoms. The third kappa shape index (κ3) is 3.00. The van der Waals surface area contributed by atoms with Crippen molar-refractivity contribution in [1.29, 1.82) is 0 Å². The van der Waals surface area contributed by atoms with E-state index in [-0.39, 0.29) is 5.41 Å². The Kier molecular flexibility index (Phi) is 4.54. The Morgan fingerprint density at radius 1 is 0.487 bits per heavy atom. The van der Waals surface area contributed by atoms with E-state index in [1.807, 2.05) is 0 Å². The van der Waals surface area contributed by atoms with Gasteiger partial charge in [-0.25, -0.2) is 0 Å². The molecule has 0 saturated heterocycles. The summed E-state index contributed by atoms with van der Waals surface area (Å²) in [5.41, 5.74) is 11.0. The zero-order valence-corrected chi connectivity index (χ0v) is 21.8. The fourth-order valence-electron chi connectivity index (χ4n) is 6.50. The van der Waals surface area contributed by atoms with E-state index in [0.29, 0.717) is 0 Å². The highest BCUT2D eigenvalue weighted by atomic mass is 15.2. The molecule has 0 aliphatic carbocycles. The lowest BCUT2D eigenvalue weighted by molar-refractivity contribution is 0.632. The molecule has 0 amide bonds. The van der Waals surface area contributed by atoms with Crippen molar-refractivity contribution in [3.63, 3.8) is 0 Å². The summed E-state index contributed by atoms with van der Waals surface area (Å²) in [5.74, 6) is 0. The number of nitrogens with zero attached hydrogens (tertiary/aromatic N) is 4. The van der Waals surface area contributed by atoms with E-state index in [1.54, 1.807) is 12.4 Å². The Labute approximate surface area is 226 Å². The van der Waals surface area contributed by atoms with Gasteiger partial charge in [-0.3, -0.25) is 9.97 Å². The smallest absolute Gasteiger partial charge is 0.115 e. The van der Waals surface area contributed by atoms with E-state index >= 15 is 0 Å². The Bertz CT molecular complexity index is 1960. The third-order valence-corrected chi connectivity index (χ3v) is 8.28. The first-order chi connectivity index (χ1) is 19.1. The quantitative estimate of drug-likeness (QED) is 0.237. The first kappa shape index (κ1) is 22.1. The molecule has 186 valence electrons. The van der Waals surface area contributed by atoms with Gasteiger partial charge in [0.05, 0.1) is 33.8 Å². The fraction of sp³-hybridized carbons (Fsp3) is 0.0857. The van der Waals surface area contributed by atoms with Crippen molar-refractivity contribution in [3.05, 3.63) is 133 Å². The minimum atomic E-state index is -0.117. The molecule has 1 aliphatic heterocycles. The lowest BCUT2D eigenvalue weighted by atomic mass is 9.73. The molecular weight excluding hydrogens is 476 g/mol. The lowest BCUT2D eigenvalue weighted by Crippen LogP contribution is -2.30. The van der Waals surface area contributed by atoms with Crippen LogP contribution in [-0.2, 0) is 5.41 Å². The molecule has 0 saturated carbocycles. The fourth-order valence-corrected chi connectivity index (χ4v) is 6.50. The van der Waals surface area contributed by atoms with Crippen LogP contribution in [-0.4, -0.2) is 14.5 Å². The molecule has 39 heavy (non-hydrogen) atoms. The second-order valence-corrected chi connectivity index (χ2v) is 10.7. The number of rotatable bonds is 2. The van der Waals surface area contributed by atoms with E-state index in [1.165, 1.54) is 33.3 Å². The molecule has 0 unspecified atom stereocenters. The van der Waals surface area contributed by atoms with Crippen molar-refractivity contribution in [1.82, 2.24) is 14.5 Å². The van der Waals surface area contributed by atoms with Gasteiger partial charge in [-0.15, -0.1) is 0 Å². The average Bonchev–Trinajstić information content (AvgIpc) is 3.32. The molecule has 1 aliphatic rings. The van der Waals surface area contributed by atoms with E-state index in [9.17, 15) is 0 Å². The van der Waals surface area contributed by atoms with Gasteiger partial charge in [0.1, 0.15) is 11.0 Å². The maximum atomic E-state index is 4.95. The monoisotopic (exact) mass is 502 g/mol. The van der Waals surface area contributed by atoms with Crippen LogP contribution in [0.4, 0.5) is 17.1 Å². The summed E-state index contributed by atoms with van der Waals surface area (Å²) in [6.45, 7) is 4.62. The van der Waals surface area contributed by atoms with Gasteiger partial charge in [-0.05, 0) is 47.5 Å². The van der Waals surface area contributed by atoms with Crippen LogP contribution in [0, 0.1) is 0 Å². The number of benzene rings is 5. The molecule has 3 heterocycles. The van der Waals surface area contributed by atoms with E-state index < -0.39 is 0 Å². The topological polar surface area (TPSA) is 34.0 Å². The van der Waals surface area contributed by atoms with Crippen molar-refractivity contribution in [2.75, 3.05) is 4.90 Å². The van der Waals surface area contributed by atoms with Crippen molar-refractivity contribution in [3.8, 4) is 5.69 Å². The molecule has 0 fully saturated rings. The summed E-state index contributed by atoms with van der Waals surface area (Å²) in [6, 6.07) is 39.0. The van der Waals surface area contributed by atoms with Crippen LogP contribution < -0.4 is 4.90 Å². The highest BCUT2D eigenvalue weighted by Crippen LogP contribution is 2.52. The van der Waals surface area contributed by atoms with Crippen LogP contribution in [0.25, 0.3) is 38.5 Å². The molecule has 0 radical (unpaired) electrons. The largest absolute Gasteiger partial charge is 0.308 e.